The largest absolute Gasteiger partial charge is 0.378 e. The van der Waals surface area contributed by atoms with E-state index in [-0.39, 0.29) is 10.7 Å². The van der Waals surface area contributed by atoms with Crippen molar-refractivity contribution in [1.29, 1.82) is 5.26 Å². The molecule has 0 aromatic heterocycles. The van der Waals surface area contributed by atoms with Crippen molar-refractivity contribution in [3.05, 3.63) is 148 Å². The van der Waals surface area contributed by atoms with Gasteiger partial charge in [-0.3, -0.25) is 0 Å². The highest BCUT2D eigenvalue weighted by atomic mass is 32.2. The van der Waals surface area contributed by atoms with Crippen LogP contribution in [0.25, 0.3) is 10.5 Å². The second kappa shape index (κ2) is 7.75. The molecule has 8 rings (SSSR count). The van der Waals surface area contributed by atoms with Crippen LogP contribution in [0.5, 0.6) is 0 Å². The van der Waals surface area contributed by atoms with Crippen molar-refractivity contribution in [2.75, 3.05) is 19.0 Å². The van der Waals surface area contributed by atoms with E-state index in [1.54, 1.807) is 0 Å². The van der Waals surface area contributed by atoms with Crippen LogP contribution in [0.1, 0.15) is 44.9 Å². The molecule has 36 heavy (non-hydrogen) atoms. The molecule has 0 fully saturated rings. The molecule has 1 spiro atoms. The number of anilines is 1. The molecule has 1 aliphatic heterocycles. The third-order valence-electron chi connectivity index (χ3n) is 7.79. The first-order chi connectivity index (χ1) is 17.6. The molecule has 0 N–H and O–H groups in total. The summed E-state index contributed by atoms with van der Waals surface area (Å²) in [4.78, 5) is 3.44. The van der Waals surface area contributed by atoms with E-state index in [0.717, 1.165) is 0 Å². The summed E-state index contributed by atoms with van der Waals surface area (Å²) in [5.74, 6) is 0.175. The van der Waals surface area contributed by atoms with Crippen molar-refractivity contribution in [2.24, 2.45) is 0 Å². The van der Waals surface area contributed by atoms with Gasteiger partial charge in [-0.15, -0.1) is 11.8 Å². The third-order valence-corrected chi connectivity index (χ3v) is 9.33. The third kappa shape index (κ3) is 2.80. The van der Waals surface area contributed by atoms with Crippen molar-refractivity contribution < 1.29 is 0 Å². The maximum atomic E-state index is 9.39. The van der Waals surface area contributed by atoms with E-state index in [0.29, 0.717) is 5.56 Å². The molecular formula is C33H24N2S. The topological polar surface area (TPSA) is 27.0 Å². The van der Waals surface area contributed by atoms with Crippen molar-refractivity contribution in [3.63, 3.8) is 0 Å². The van der Waals surface area contributed by atoms with Crippen LogP contribution in [0.2, 0.25) is 0 Å². The van der Waals surface area contributed by atoms with E-state index in [9.17, 15) is 5.26 Å². The Labute approximate surface area is 216 Å². The summed E-state index contributed by atoms with van der Waals surface area (Å²) in [7, 11) is 4.15. The zero-order valence-corrected chi connectivity index (χ0v) is 21.0. The summed E-state index contributed by atoms with van der Waals surface area (Å²) in [6.07, 6.45) is 2.43. The van der Waals surface area contributed by atoms with E-state index in [1.165, 1.54) is 55.1 Å². The fourth-order valence-electron chi connectivity index (χ4n) is 6.18. The predicted molar refractivity (Wildman–Crippen MR) is 150 cm³/mol. The van der Waals surface area contributed by atoms with Crippen LogP contribution in [-0.4, -0.2) is 14.1 Å². The van der Waals surface area contributed by atoms with Crippen LogP contribution in [-0.2, 0) is 4.75 Å². The average Bonchev–Trinajstić information content (AvgIpc) is 3.35. The number of thioether (sulfide) groups is 1. The van der Waals surface area contributed by atoms with Crippen molar-refractivity contribution in [2.45, 2.75) is 10.7 Å². The lowest BCUT2D eigenvalue weighted by molar-refractivity contribution is 0.761. The fourth-order valence-corrected chi connectivity index (χ4v) is 7.81. The summed E-state index contributed by atoms with van der Waals surface area (Å²) < 4.78 is -0.277. The second-order valence-corrected chi connectivity index (χ2v) is 11.1. The Kier molecular flexibility index (Phi) is 4.58. The lowest BCUT2D eigenvalue weighted by atomic mass is 9.59. The lowest BCUT2D eigenvalue weighted by Crippen LogP contribution is -2.37. The molecule has 0 unspecified atom stereocenters. The van der Waals surface area contributed by atoms with E-state index in [1.807, 2.05) is 23.9 Å². The van der Waals surface area contributed by atoms with Gasteiger partial charge in [-0.2, -0.15) is 5.26 Å². The highest BCUT2D eigenvalue weighted by Gasteiger charge is 2.55. The number of allylic oxidation sites excluding steroid dienone is 2. The number of nitrogens with zero attached hydrogens (tertiary/aromatic N) is 2. The van der Waals surface area contributed by atoms with Crippen molar-refractivity contribution in [1.82, 2.24) is 0 Å². The molecule has 3 aliphatic carbocycles. The predicted octanol–water partition coefficient (Wildman–Crippen LogP) is 7.57. The molecule has 0 atom stereocenters. The molecule has 1 heterocycles. The van der Waals surface area contributed by atoms with Gasteiger partial charge in [0, 0.05) is 30.6 Å². The van der Waals surface area contributed by atoms with E-state index >= 15 is 0 Å². The molecule has 2 nitrogen and oxygen atoms in total. The first-order valence-corrected chi connectivity index (χ1v) is 13.1. The van der Waals surface area contributed by atoms with Crippen LogP contribution in [0.3, 0.4) is 0 Å². The standard InChI is InChI=1S/C33H24N2S/c1-35(2)24-17-15-22(16-18-24)30-19-29-31(23-13-11-21(20-34)12-14-23)32-25-7-3-5-9-27(25)33(29,36-30)28-10-6-4-8-26(28)32/h3-19,32H,1-2H3. The SMILES string of the molecule is CN(C)c1ccc(C2=CC3=C(c4ccc(C#N)cc4)C4c5ccccc5C3(S2)c2ccccc24)cc1. The first-order valence-electron chi connectivity index (χ1n) is 12.2. The van der Waals surface area contributed by atoms with Crippen molar-refractivity contribution >= 4 is 27.9 Å². The Morgan fingerprint density at radius 3 is 1.92 bits per heavy atom. The molecule has 3 heteroatoms. The highest BCUT2D eigenvalue weighted by Crippen LogP contribution is 2.70. The number of nitriles is 1. The molecule has 0 amide bonds. The van der Waals surface area contributed by atoms with E-state index in [2.05, 4.69) is 116 Å². The maximum Gasteiger partial charge on any atom is 0.0991 e. The molecule has 0 saturated heterocycles. The number of hydrogen-bond donors (Lipinski definition) is 0. The fraction of sp³-hybridized carbons (Fsp3) is 0.121. The summed E-state index contributed by atoms with van der Waals surface area (Å²) in [5, 5.41) is 9.39. The quantitative estimate of drug-likeness (QED) is 0.303. The Morgan fingerprint density at radius 1 is 0.750 bits per heavy atom. The summed E-state index contributed by atoms with van der Waals surface area (Å²) in [6.45, 7) is 0. The number of rotatable bonds is 3. The molecule has 0 saturated carbocycles. The molecule has 172 valence electrons. The molecule has 4 aromatic rings. The van der Waals surface area contributed by atoms with Gasteiger partial charge in [-0.05, 0) is 74.9 Å². The van der Waals surface area contributed by atoms with Gasteiger partial charge >= 0.3 is 0 Å². The Balaban J connectivity index is 1.51. The van der Waals surface area contributed by atoms with Crippen LogP contribution in [0.4, 0.5) is 5.69 Å². The zero-order valence-electron chi connectivity index (χ0n) is 20.2. The minimum atomic E-state index is -0.277. The van der Waals surface area contributed by atoms with Gasteiger partial charge in [0.15, 0.2) is 0 Å². The van der Waals surface area contributed by atoms with Crippen LogP contribution in [0, 0.1) is 11.3 Å². The molecule has 4 aliphatic rings. The highest BCUT2D eigenvalue weighted by molar-refractivity contribution is 8.10. The monoisotopic (exact) mass is 480 g/mol. The van der Waals surface area contributed by atoms with Crippen LogP contribution >= 0.6 is 11.8 Å². The van der Waals surface area contributed by atoms with Gasteiger partial charge in [-0.25, -0.2) is 0 Å². The number of hydrogen-bond acceptors (Lipinski definition) is 3. The number of benzene rings is 4. The minimum Gasteiger partial charge on any atom is -0.378 e. The second-order valence-electron chi connectivity index (χ2n) is 9.86. The molecule has 2 bridgehead atoms. The van der Waals surface area contributed by atoms with E-state index < -0.39 is 0 Å². The minimum absolute atomic E-state index is 0.175. The Bertz CT molecular complexity index is 1590. The zero-order chi connectivity index (χ0) is 24.4. The van der Waals surface area contributed by atoms with Crippen LogP contribution < -0.4 is 4.90 Å². The maximum absolute atomic E-state index is 9.39. The summed E-state index contributed by atoms with van der Waals surface area (Å²) in [6, 6.07) is 37.3. The van der Waals surface area contributed by atoms with Crippen LogP contribution in [0.15, 0.2) is 109 Å². The smallest absolute Gasteiger partial charge is 0.0991 e. The Hall–Kier alpha value is -4.00. The first kappa shape index (κ1) is 21.3. The van der Waals surface area contributed by atoms with Crippen molar-refractivity contribution in [3.8, 4) is 6.07 Å². The average molecular weight is 481 g/mol. The van der Waals surface area contributed by atoms with Gasteiger partial charge in [0.1, 0.15) is 0 Å². The Morgan fingerprint density at radius 2 is 1.33 bits per heavy atom. The lowest BCUT2D eigenvalue weighted by Gasteiger charge is -2.49. The summed E-state index contributed by atoms with van der Waals surface area (Å²) >= 11 is 1.98. The normalized spacial score (nSPS) is 20.8. The van der Waals surface area contributed by atoms with Gasteiger partial charge < -0.3 is 4.90 Å². The van der Waals surface area contributed by atoms with E-state index in [4.69, 9.17) is 0 Å². The van der Waals surface area contributed by atoms with Gasteiger partial charge in [-0.1, -0.05) is 72.8 Å². The molecule has 4 aromatic carbocycles. The van der Waals surface area contributed by atoms with Gasteiger partial charge in [0.05, 0.1) is 16.4 Å². The molecule has 0 radical (unpaired) electrons. The summed E-state index contributed by atoms with van der Waals surface area (Å²) in [5.41, 5.74) is 12.7. The van der Waals surface area contributed by atoms with Gasteiger partial charge in [0.2, 0.25) is 0 Å². The van der Waals surface area contributed by atoms with Gasteiger partial charge in [0.25, 0.3) is 0 Å². The molecular weight excluding hydrogens is 456 g/mol.